The first-order valence-electron chi connectivity index (χ1n) is 32.4. The number of carboxylic acids is 1. The summed E-state index contributed by atoms with van der Waals surface area (Å²) in [6.07, 6.45) is 79.0. The number of rotatable bonds is 59. The van der Waals surface area contributed by atoms with Gasteiger partial charge in [0.1, 0.15) is 13.2 Å². The second-order valence-electron chi connectivity index (χ2n) is 22.7. The van der Waals surface area contributed by atoms with E-state index in [0.717, 1.165) is 96.3 Å². The van der Waals surface area contributed by atoms with Crippen LogP contribution in [0.25, 0.3) is 0 Å². The molecule has 2 atom stereocenters. The maximum absolute atomic E-state index is 12.9. The van der Waals surface area contributed by atoms with Gasteiger partial charge >= 0.3 is 11.9 Å². The molecule has 2 unspecified atom stereocenters. The molecule has 0 rings (SSSR count). The zero-order valence-electron chi connectivity index (χ0n) is 51.7. The molecule has 79 heavy (non-hydrogen) atoms. The summed E-state index contributed by atoms with van der Waals surface area (Å²) < 4.78 is 22.7. The third-order valence-corrected chi connectivity index (χ3v) is 13.8. The van der Waals surface area contributed by atoms with Crippen LogP contribution in [0.2, 0.25) is 0 Å². The third-order valence-electron chi connectivity index (χ3n) is 13.8. The average molecular weight is 1100 g/mol. The van der Waals surface area contributed by atoms with Gasteiger partial charge < -0.3 is 33.3 Å². The number of allylic oxidation sites excluding steroid dienone is 16. The number of likely N-dealkylation sites (N-methyl/N-ethyl adjacent to an activating group) is 1. The molecule has 0 saturated carbocycles. The maximum atomic E-state index is 12.9. The molecule has 0 aromatic heterocycles. The number of unbranched alkanes of at least 4 members (excludes halogenated alkanes) is 28. The van der Waals surface area contributed by atoms with E-state index in [1.807, 2.05) is 21.1 Å². The molecule has 0 N–H and O–H groups in total. The van der Waals surface area contributed by atoms with Gasteiger partial charge in [0.15, 0.2) is 12.4 Å². The standard InChI is InChI=1S/C70H121NO8/c1-6-8-10-12-14-16-18-20-22-24-26-28-30-32-34-36-38-40-42-44-46-48-50-52-54-56-58-60-67(72)77-64-66(65-78-70(69(74)75)76-63-62-71(3,4)5)79-68(73)61-59-57-55-53-51-49-47-45-43-41-39-37-35-33-31-29-27-25-23-21-19-17-15-13-11-9-7-2/h9,11,15,17,21,23-24,26-27,29,33,35,39,41,45,47,66,70H,6-8,10,12-14,16,18-20,22,25,28,30-32,34,36-38,40,42-44,46,48-65H2,1-5H3/b11-9-,17-15-,23-21-,26-24-,29-27-,35-33-,41-39-,47-45-. The molecule has 0 bridgehead atoms. The number of ether oxygens (including phenoxy) is 4. The van der Waals surface area contributed by atoms with E-state index in [0.29, 0.717) is 17.4 Å². The molecule has 454 valence electrons. The lowest BCUT2D eigenvalue weighted by Crippen LogP contribution is -2.44. The molecule has 0 aliphatic heterocycles. The van der Waals surface area contributed by atoms with Crippen molar-refractivity contribution in [1.29, 1.82) is 0 Å². The van der Waals surface area contributed by atoms with E-state index >= 15 is 0 Å². The number of carbonyl (C=O) groups excluding carboxylic acids is 3. The summed E-state index contributed by atoms with van der Waals surface area (Å²) in [4.78, 5) is 37.4. The van der Waals surface area contributed by atoms with E-state index in [4.69, 9.17) is 18.9 Å². The highest BCUT2D eigenvalue weighted by Crippen LogP contribution is 2.16. The summed E-state index contributed by atoms with van der Waals surface area (Å²) in [5, 5.41) is 11.8. The van der Waals surface area contributed by atoms with E-state index in [-0.39, 0.29) is 38.6 Å². The van der Waals surface area contributed by atoms with Crippen LogP contribution in [0, 0.1) is 0 Å². The molecule has 0 radical (unpaired) electrons. The Morgan fingerprint density at radius 2 is 0.722 bits per heavy atom. The molecule has 0 fully saturated rings. The van der Waals surface area contributed by atoms with Crippen molar-refractivity contribution in [2.75, 3.05) is 47.5 Å². The lowest BCUT2D eigenvalue weighted by Gasteiger charge is -2.26. The average Bonchev–Trinajstić information content (AvgIpc) is 3.42. The smallest absolute Gasteiger partial charge is 0.306 e. The van der Waals surface area contributed by atoms with Crippen molar-refractivity contribution >= 4 is 17.9 Å². The monoisotopic (exact) mass is 1100 g/mol. The minimum absolute atomic E-state index is 0.139. The van der Waals surface area contributed by atoms with Crippen molar-refractivity contribution in [3.8, 4) is 0 Å². The van der Waals surface area contributed by atoms with E-state index in [1.54, 1.807) is 0 Å². The van der Waals surface area contributed by atoms with E-state index < -0.39 is 24.3 Å². The van der Waals surface area contributed by atoms with E-state index in [2.05, 4.69) is 111 Å². The Balaban J connectivity index is 4.23. The molecule has 0 aliphatic carbocycles. The zero-order valence-corrected chi connectivity index (χ0v) is 51.7. The number of aliphatic carboxylic acids is 1. The first-order chi connectivity index (χ1) is 38.6. The first kappa shape index (κ1) is 75.2. The van der Waals surface area contributed by atoms with Crippen molar-refractivity contribution in [2.45, 2.75) is 283 Å². The van der Waals surface area contributed by atoms with Crippen LogP contribution < -0.4 is 5.11 Å². The minimum Gasteiger partial charge on any atom is -0.545 e. The fourth-order valence-electron chi connectivity index (χ4n) is 8.87. The highest BCUT2D eigenvalue weighted by Gasteiger charge is 2.22. The number of hydrogen-bond donors (Lipinski definition) is 0. The molecule has 0 saturated heterocycles. The Bertz CT molecular complexity index is 1620. The number of quaternary nitrogens is 1. The summed E-state index contributed by atoms with van der Waals surface area (Å²) in [6, 6.07) is 0. The van der Waals surface area contributed by atoms with Crippen molar-refractivity contribution in [2.24, 2.45) is 0 Å². The molecule has 0 aliphatic rings. The van der Waals surface area contributed by atoms with Gasteiger partial charge in [-0.3, -0.25) is 9.59 Å². The number of carboxylic acid groups (broad SMARTS) is 1. The summed E-state index contributed by atoms with van der Waals surface area (Å²) in [6.45, 7) is 4.63. The molecule has 0 aromatic carbocycles. The first-order valence-corrected chi connectivity index (χ1v) is 32.4. The van der Waals surface area contributed by atoms with E-state index in [1.165, 1.54) is 141 Å². The van der Waals surface area contributed by atoms with Gasteiger partial charge in [0, 0.05) is 12.8 Å². The lowest BCUT2D eigenvalue weighted by molar-refractivity contribution is -0.870. The van der Waals surface area contributed by atoms with Crippen molar-refractivity contribution in [3.05, 3.63) is 97.2 Å². The molecule has 0 aromatic rings. The molecule has 9 nitrogen and oxygen atoms in total. The largest absolute Gasteiger partial charge is 0.545 e. The highest BCUT2D eigenvalue weighted by molar-refractivity contribution is 5.70. The number of esters is 2. The minimum atomic E-state index is -1.63. The van der Waals surface area contributed by atoms with Crippen LogP contribution in [-0.4, -0.2) is 82.3 Å². The predicted octanol–water partition coefficient (Wildman–Crippen LogP) is 18.4. The van der Waals surface area contributed by atoms with Gasteiger partial charge in [0.05, 0.1) is 40.3 Å². The number of nitrogens with zero attached hydrogens (tertiary/aromatic N) is 1. The molecular weight excluding hydrogens is 983 g/mol. The van der Waals surface area contributed by atoms with Crippen LogP contribution >= 0.6 is 0 Å². The summed E-state index contributed by atoms with van der Waals surface area (Å²) in [5.74, 6) is -2.31. The molecule has 0 heterocycles. The maximum Gasteiger partial charge on any atom is 0.306 e. The predicted molar refractivity (Wildman–Crippen MR) is 334 cm³/mol. The molecule has 9 heteroatoms. The van der Waals surface area contributed by atoms with Gasteiger partial charge in [0.25, 0.3) is 0 Å². The van der Waals surface area contributed by atoms with Crippen molar-refractivity contribution in [1.82, 2.24) is 0 Å². The fourth-order valence-corrected chi connectivity index (χ4v) is 8.87. The van der Waals surface area contributed by atoms with Crippen molar-refractivity contribution in [3.63, 3.8) is 0 Å². The van der Waals surface area contributed by atoms with E-state index in [9.17, 15) is 19.5 Å². The van der Waals surface area contributed by atoms with Gasteiger partial charge in [-0.2, -0.15) is 0 Å². The number of carbonyl (C=O) groups is 3. The van der Waals surface area contributed by atoms with Gasteiger partial charge in [-0.15, -0.1) is 0 Å². The van der Waals surface area contributed by atoms with Crippen LogP contribution in [0.1, 0.15) is 271 Å². The Morgan fingerprint density at radius 1 is 0.392 bits per heavy atom. The second-order valence-corrected chi connectivity index (χ2v) is 22.7. The summed E-state index contributed by atoms with van der Waals surface area (Å²) >= 11 is 0. The van der Waals surface area contributed by atoms with Crippen LogP contribution in [0.4, 0.5) is 0 Å². The van der Waals surface area contributed by atoms with Gasteiger partial charge in [0.2, 0.25) is 0 Å². The molecular formula is C70H121NO8. The van der Waals surface area contributed by atoms with Crippen LogP contribution in [0.15, 0.2) is 97.2 Å². The second kappa shape index (κ2) is 60.3. The van der Waals surface area contributed by atoms with Crippen LogP contribution in [-0.2, 0) is 33.3 Å². The zero-order chi connectivity index (χ0) is 57.6. The van der Waals surface area contributed by atoms with Gasteiger partial charge in [-0.05, 0) is 96.3 Å². The molecule has 0 amide bonds. The van der Waals surface area contributed by atoms with Gasteiger partial charge in [-0.1, -0.05) is 259 Å². The Kier molecular flexibility index (Phi) is 57.4. The number of hydrogen-bond acceptors (Lipinski definition) is 8. The fraction of sp³-hybridized carbons (Fsp3) is 0.729. The Morgan fingerprint density at radius 3 is 1.09 bits per heavy atom. The summed E-state index contributed by atoms with van der Waals surface area (Å²) in [7, 11) is 5.92. The van der Waals surface area contributed by atoms with Crippen LogP contribution in [0.3, 0.4) is 0 Å². The van der Waals surface area contributed by atoms with Crippen molar-refractivity contribution < 1.29 is 42.9 Å². The Labute approximate surface area is 486 Å². The van der Waals surface area contributed by atoms with Gasteiger partial charge in [-0.25, -0.2) is 0 Å². The highest BCUT2D eigenvalue weighted by atomic mass is 16.7. The third kappa shape index (κ3) is 61.7. The lowest BCUT2D eigenvalue weighted by atomic mass is 10.0. The SMILES string of the molecule is CC/C=C\C/C=C\C/C=C\C/C=C\C/C=C\C/C=C\C/C=C\CCCCCCCC(=O)OC(COC(=O)CCCCCCCCCCCCCCCCC/C=C\CCCCCCCCCC)COC(OCC[N+](C)(C)C)C(=O)[O-]. The quantitative estimate of drug-likeness (QED) is 0.0195. The summed E-state index contributed by atoms with van der Waals surface area (Å²) in [5.41, 5.74) is 0. The normalized spacial score (nSPS) is 13.4. The van der Waals surface area contributed by atoms with Crippen LogP contribution in [0.5, 0.6) is 0 Å². The Hall–Kier alpha value is -3.79. The topological polar surface area (TPSA) is 111 Å². The molecule has 0 spiro atoms.